The van der Waals surface area contributed by atoms with Crippen LogP contribution in [-0.4, -0.2) is 42.2 Å². The van der Waals surface area contributed by atoms with Crippen LogP contribution in [-0.2, 0) is 6.54 Å². The Morgan fingerprint density at radius 2 is 2.00 bits per heavy atom. The molecule has 4 nitrogen and oxygen atoms in total. The van der Waals surface area contributed by atoms with Crippen LogP contribution in [0.3, 0.4) is 0 Å². The van der Waals surface area contributed by atoms with Gasteiger partial charge in [-0.3, -0.25) is 4.99 Å². The topological polar surface area (TPSA) is 47.9 Å². The Labute approximate surface area is 148 Å². The lowest BCUT2D eigenvalue weighted by Crippen LogP contribution is -2.50. The van der Waals surface area contributed by atoms with Gasteiger partial charge in [-0.15, -0.1) is 24.0 Å². The summed E-state index contributed by atoms with van der Waals surface area (Å²) in [5, 5.41) is 14.1. The van der Waals surface area contributed by atoms with Crippen LogP contribution in [0.5, 0.6) is 0 Å². The molecule has 1 aliphatic carbocycles. The maximum atomic E-state index is 10.1. The van der Waals surface area contributed by atoms with Crippen molar-refractivity contribution < 1.29 is 5.11 Å². The van der Waals surface area contributed by atoms with Crippen molar-refractivity contribution in [3.8, 4) is 0 Å². The van der Waals surface area contributed by atoms with Crippen LogP contribution in [0.25, 0.3) is 0 Å². The molecule has 0 unspecified atom stereocenters. The van der Waals surface area contributed by atoms with Gasteiger partial charge in [-0.1, -0.05) is 23.7 Å². The zero-order chi connectivity index (χ0) is 14.6. The van der Waals surface area contributed by atoms with E-state index >= 15 is 0 Å². The van der Waals surface area contributed by atoms with E-state index in [1.54, 1.807) is 7.05 Å². The van der Waals surface area contributed by atoms with Crippen molar-refractivity contribution in [1.82, 2.24) is 10.2 Å². The van der Waals surface area contributed by atoms with E-state index in [2.05, 4.69) is 10.3 Å². The summed E-state index contributed by atoms with van der Waals surface area (Å²) in [5.41, 5.74) is 0.624. The minimum Gasteiger partial charge on any atom is -0.388 e. The average molecular weight is 424 g/mol. The Kier molecular flexibility index (Phi) is 7.23. The number of hydrogen-bond acceptors (Lipinski definition) is 2. The fraction of sp³-hybridized carbons (Fsp3) is 0.533. The summed E-state index contributed by atoms with van der Waals surface area (Å²) in [5.74, 6) is 0.792. The highest BCUT2D eigenvalue weighted by molar-refractivity contribution is 14.0. The van der Waals surface area contributed by atoms with Crippen molar-refractivity contribution in [2.75, 3.05) is 20.6 Å². The maximum absolute atomic E-state index is 10.1. The minimum atomic E-state index is -0.545. The lowest BCUT2D eigenvalue weighted by atomic mass is 9.80. The smallest absolute Gasteiger partial charge is 0.193 e. The lowest BCUT2D eigenvalue weighted by Gasteiger charge is -2.37. The largest absolute Gasteiger partial charge is 0.388 e. The Hall–Kier alpha value is -0.530. The highest BCUT2D eigenvalue weighted by Gasteiger charge is 2.34. The first-order valence-electron chi connectivity index (χ1n) is 6.91. The van der Waals surface area contributed by atoms with Gasteiger partial charge in [-0.2, -0.15) is 0 Å². The molecule has 0 saturated heterocycles. The van der Waals surface area contributed by atoms with Gasteiger partial charge >= 0.3 is 0 Å². The molecule has 6 heteroatoms. The molecule has 0 aromatic heterocycles. The molecule has 0 bridgehead atoms. The van der Waals surface area contributed by atoms with Gasteiger partial charge in [0.2, 0.25) is 0 Å². The van der Waals surface area contributed by atoms with Gasteiger partial charge in [-0.25, -0.2) is 0 Å². The van der Waals surface area contributed by atoms with Gasteiger partial charge in [0.05, 0.1) is 5.60 Å². The van der Waals surface area contributed by atoms with Crippen LogP contribution in [0.4, 0.5) is 0 Å². The van der Waals surface area contributed by atoms with Gasteiger partial charge < -0.3 is 15.3 Å². The van der Waals surface area contributed by atoms with Crippen molar-refractivity contribution in [1.29, 1.82) is 0 Å². The number of aliphatic hydroxyl groups is 1. The first-order valence-corrected chi connectivity index (χ1v) is 7.29. The Balaban J connectivity index is 0.00000220. The molecule has 1 fully saturated rings. The molecule has 118 valence electrons. The molecule has 1 saturated carbocycles. The standard InChI is InChI=1S/C15H22ClN3O.HI/c1-17-14(18-11-15(20)8-3-9-15)19(2)10-12-4-6-13(16)7-5-12;/h4-7,20H,3,8-11H2,1-2H3,(H,17,18);1H. The Morgan fingerprint density at radius 1 is 1.38 bits per heavy atom. The van der Waals surface area contributed by atoms with Crippen molar-refractivity contribution >= 4 is 41.5 Å². The molecule has 2 N–H and O–H groups in total. The number of nitrogens with zero attached hydrogens (tertiary/aromatic N) is 2. The number of aliphatic imine (C=N–C) groups is 1. The van der Waals surface area contributed by atoms with Crippen LogP contribution < -0.4 is 5.32 Å². The second kappa shape index (κ2) is 8.19. The number of nitrogens with one attached hydrogen (secondary N) is 1. The first-order chi connectivity index (χ1) is 9.52. The van der Waals surface area contributed by atoms with E-state index in [-0.39, 0.29) is 24.0 Å². The normalized spacial score (nSPS) is 16.7. The van der Waals surface area contributed by atoms with Crippen molar-refractivity contribution in [3.05, 3.63) is 34.9 Å². The highest BCUT2D eigenvalue weighted by Crippen LogP contribution is 2.30. The van der Waals surface area contributed by atoms with Gasteiger partial charge in [0, 0.05) is 32.2 Å². The molecule has 1 aromatic carbocycles. The SMILES string of the molecule is CN=C(NCC1(O)CCC1)N(C)Cc1ccc(Cl)cc1.I. The summed E-state index contributed by atoms with van der Waals surface area (Å²) < 4.78 is 0. The molecular formula is C15H23ClIN3O. The third-order valence-electron chi connectivity index (χ3n) is 3.77. The van der Waals surface area contributed by atoms with Crippen LogP contribution >= 0.6 is 35.6 Å². The van der Waals surface area contributed by atoms with Gasteiger partial charge in [0.15, 0.2) is 5.96 Å². The lowest BCUT2D eigenvalue weighted by molar-refractivity contribution is -0.0282. The van der Waals surface area contributed by atoms with E-state index in [4.69, 9.17) is 11.6 Å². The summed E-state index contributed by atoms with van der Waals surface area (Å²) in [7, 11) is 3.74. The molecular weight excluding hydrogens is 401 g/mol. The molecule has 21 heavy (non-hydrogen) atoms. The predicted octanol–water partition coefficient (Wildman–Crippen LogP) is 2.88. The second-order valence-electron chi connectivity index (χ2n) is 5.46. The molecule has 2 rings (SSSR count). The fourth-order valence-corrected chi connectivity index (χ4v) is 2.45. The molecule has 0 radical (unpaired) electrons. The van der Waals surface area contributed by atoms with Crippen molar-refractivity contribution in [3.63, 3.8) is 0 Å². The highest BCUT2D eigenvalue weighted by atomic mass is 127. The Morgan fingerprint density at radius 3 is 2.48 bits per heavy atom. The van der Waals surface area contributed by atoms with E-state index in [1.807, 2.05) is 36.2 Å². The van der Waals surface area contributed by atoms with Crippen LogP contribution in [0.2, 0.25) is 5.02 Å². The number of benzene rings is 1. The molecule has 0 amide bonds. The molecule has 0 aliphatic heterocycles. The average Bonchev–Trinajstić information content (AvgIpc) is 2.40. The zero-order valence-corrected chi connectivity index (χ0v) is 15.6. The molecule has 0 spiro atoms. The molecule has 1 aliphatic rings. The van der Waals surface area contributed by atoms with Crippen LogP contribution in [0, 0.1) is 0 Å². The van der Waals surface area contributed by atoms with E-state index < -0.39 is 5.60 Å². The van der Waals surface area contributed by atoms with Gasteiger partial charge in [0.1, 0.15) is 0 Å². The Bertz CT molecular complexity index is 474. The minimum absolute atomic E-state index is 0. The number of guanidine groups is 1. The molecule has 1 aromatic rings. The number of rotatable bonds is 4. The summed E-state index contributed by atoms with van der Waals surface area (Å²) >= 11 is 5.88. The summed E-state index contributed by atoms with van der Waals surface area (Å²) in [6.45, 7) is 1.31. The van der Waals surface area contributed by atoms with Crippen LogP contribution in [0.1, 0.15) is 24.8 Å². The van der Waals surface area contributed by atoms with Crippen LogP contribution in [0.15, 0.2) is 29.3 Å². The van der Waals surface area contributed by atoms with E-state index in [0.717, 1.165) is 36.8 Å². The summed E-state index contributed by atoms with van der Waals surface area (Å²) in [4.78, 5) is 6.29. The van der Waals surface area contributed by atoms with Gasteiger partial charge in [0.25, 0.3) is 0 Å². The second-order valence-corrected chi connectivity index (χ2v) is 5.90. The maximum Gasteiger partial charge on any atom is 0.193 e. The first kappa shape index (κ1) is 18.5. The monoisotopic (exact) mass is 423 g/mol. The van der Waals surface area contributed by atoms with Crippen molar-refractivity contribution in [2.45, 2.75) is 31.4 Å². The molecule has 0 atom stereocenters. The predicted molar refractivity (Wildman–Crippen MR) is 98.5 cm³/mol. The summed E-state index contributed by atoms with van der Waals surface area (Å²) in [6.07, 6.45) is 2.85. The van der Waals surface area contributed by atoms with E-state index in [1.165, 1.54) is 5.56 Å². The quantitative estimate of drug-likeness (QED) is 0.445. The van der Waals surface area contributed by atoms with Gasteiger partial charge in [-0.05, 0) is 37.0 Å². The van der Waals surface area contributed by atoms with E-state index in [9.17, 15) is 5.11 Å². The summed E-state index contributed by atoms with van der Waals surface area (Å²) in [6, 6.07) is 7.78. The number of hydrogen-bond donors (Lipinski definition) is 2. The zero-order valence-electron chi connectivity index (χ0n) is 12.5. The number of halogens is 2. The van der Waals surface area contributed by atoms with Crippen molar-refractivity contribution in [2.24, 2.45) is 4.99 Å². The third kappa shape index (κ3) is 5.30. The third-order valence-corrected chi connectivity index (χ3v) is 4.02. The molecule has 0 heterocycles. The fourth-order valence-electron chi connectivity index (χ4n) is 2.33. The van der Waals surface area contributed by atoms with E-state index in [0.29, 0.717) is 6.54 Å².